The first-order valence-electron chi connectivity index (χ1n) is 4.33. The van der Waals surface area contributed by atoms with Crippen molar-refractivity contribution in [2.75, 3.05) is 0 Å². The molecule has 1 atom stereocenters. The number of halogens is 1. The van der Waals surface area contributed by atoms with E-state index in [1.54, 1.807) is 6.92 Å². The molecule has 1 heterocycles. The molecule has 0 spiro atoms. The van der Waals surface area contributed by atoms with Crippen LogP contribution in [0.3, 0.4) is 0 Å². The molecule has 0 bridgehead atoms. The zero-order valence-electron chi connectivity index (χ0n) is 7.99. The van der Waals surface area contributed by atoms with Gasteiger partial charge < -0.3 is 14.8 Å². The maximum Gasteiger partial charge on any atom is 0.326 e. The van der Waals surface area contributed by atoms with Gasteiger partial charge in [0.15, 0.2) is 0 Å². The smallest absolute Gasteiger partial charge is 0.326 e. The summed E-state index contributed by atoms with van der Waals surface area (Å²) in [4.78, 5) is 22.1. The maximum atomic E-state index is 11.5. The molecule has 0 radical (unpaired) electrons. The van der Waals surface area contributed by atoms with Crippen molar-refractivity contribution in [1.82, 2.24) is 5.32 Å². The second-order valence-electron chi connectivity index (χ2n) is 2.88. The highest BCUT2D eigenvalue weighted by molar-refractivity contribution is 6.32. The molecule has 0 aliphatic carbocycles. The molecule has 0 aliphatic heterocycles. The van der Waals surface area contributed by atoms with Crippen LogP contribution >= 0.6 is 11.6 Å². The van der Waals surface area contributed by atoms with Crippen LogP contribution in [0, 0.1) is 0 Å². The van der Waals surface area contributed by atoms with Gasteiger partial charge in [-0.1, -0.05) is 6.92 Å². The van der Waals surface area contributed by atoms with Crippen molar-refractivity contribution < 1.29 is 19.1 Å². The normalized spacial score (nSPS) is 12.1. The van der Waals surface area contributed by atoms with Crippen LogP contribution in [-0.2, 0) is 4.79 Å². The van der Waals surface area contributed by atoms with Gasteiger partial charge in [-0.05, 0) is 24.1 Å². The van der Waals surface area contributed by atoms with E-state index in [2.05, 4.69) is 5.32 Å². The number of amides is 1. The minimum Gasteiger partial charge on any atom is -0.480 e. The van der Waals surface area contributed by atoms with Crippen molar-refractivity contribution in [2.45, 2.75) is 19.4 Å². The molecule has 1 unspecified atom stereocenters. The zero-order valence-corrected chi connectivity index (χ0v) is 8.75. The van der Waals surface area contributed by atoms with Gasteiger partial charge in [0.2, 0.25) is 5.22 Å². The molecule has 0 saturated heterocycles. The third-order valence-electron chi connectivity index (χ3n) is 1.87. The Bertz CT molecular complexity index is 374. The van der Waals surface area contributed by atoms with Crippen LogP contribution in [-0.4, -0.2) is 23.0 Å². The summed E-state index contributed by atoms with van der Waals surface area (Å²) >= 11 is 5.57. The number of rotatable bonds is 4. The predicted octanol–water partition coefficient (Wildman–Crippen LogP) is 1.53. The van der Waals surface area contributed by atoms with Crippen LogP contribution in [0.2, 0.25) is 5.22 Å². The molecule has 6 heteroatoms. The van der Waals surface area contributed by atoms with E-state index in [0.29, 0.717) is 6.42 Å². The van der Waals surface area contributed by atoms with Gasteiger partial charge in [0, 0.05) is 0 Å². The highest BCUT2D eigenvalue weighted by Gasteiger charge is 2.20. The average molecular weight is 232 g/mol. The van der Waals surface area contributed by atoms with E-state index in [4.69, 9.17) is 21.1 Å². The fourth-order valence-corrected chi connectivity index (χ4v) is 1.23. The lowest BCUT2D eigenvalue weighted by Gasteiger charge is -2.10. The van der Waals surface area contributed by atoms with Crippen LogP contribution in [0.4, 0.5) is 0 Å². The number of furan rings is 1. The summed E-state index contributed by atoms with van der Waals surface area (Å²) in [5.74, 6) is -1.63. The summed E-state index contributed by atoms with van der Waals surface area (Å²) in [6, 6.07) is 0.468. The fraction of sp³-hybridized carbons (Fsp3) is 0.333. The monoisotopic (exact) mass is 231 g/mol. The molecule has 5 nitrogen and oxygen atoms in total. The van der Waals surface area contributed by atoms with Crippen molar-refractivity contribution in [3.05, 3.63) is 23.1 Å². The molecular formula is C9H10ClNO4. The molecule has 15 heavy (non-hydrogen) atoms. The molecule has 0 aromatic carbocycles. The lowest BCUT2D eigenvalue weighted by molar-refractivity contribution is -0.139. The topological polar surface area (TPSA) is 79.5 Å². The zero-order chi connectivity index (χ0) is 11.4. The standard InChI is InChI=1S/C9H10ClNO4/c1-2-6(9(13)14)11-8(12)5-3-4-15-7(5)10/h3-4,6H,2H2,1H3,(H,11,12)(H,13,14). The first-order valence-corrected chi connectivity index (χ1v) is 4.70. The number of carboxylic acid groups (broad SMARTS) is 1. The second-order valence-corrected chi connectivity index (χ2v) is 3.22. The largest absolute Gasteiger partial charge is 0.480 e. The van der Waals surface area contributed by atoms with E-state index >= 15 is 0 Å². The molecule has 1 rings (SSSR count). The van der Waals surface area contributed by atoms with E-state index in [9.17, 15) is 9.59 Å². The molecule has 2 N–H and O–H groups in total. The van der Waals surface area contributed by atoms with Gasteiger partial charge in [-0.15, -0.1) is 0 Å². The van der Waals surface area contributed by atoms with Crippen LogP contribution in [0.5, 0.6) is 0 Å². The summed E-state index contributed by atoms with van der Waals surface area (Å²) in [6.45, 7) is 1.66. The molecule has 0 aliphatic rings. The third kappa shape index (κ3) is 2.73. The number of carboxylic acids is 1. The van der Waals surface area contributed by atoms with Gasteiger partial charge >= 0.3 is 5.97 Å². The van der Waals surface area contributed by atoms with Crippen molar-refractivity contribution in [1.29, 1.82) is 0 Å². The quantitative estimate of drug-likeness (QED) is 0.824. The van der Waals surface area contributed by atoms with Crippen LogP contribution in [0.15, 0.2) is 16.7 Å². The number of hydrogen-bond donors (Lipinski definition) is 2. The number of aliphatic carboxylic acids is 1. The summed E-state index contributed by atoms with van der Waals surface area (Å²) in [7, 11) is 0. The number of carbonyl (C=O) groups excluding carboxylic acids is 1. The van der Waals surface area contributed by atoms with Crippen molar-refractivity contribution in [3.8, 4) is 0 Å². The molecule has 0 saturated carbocycles. The van der Waals surface area contributed by atoms with Crippen LogP contribution < -0.4 is 5.32 Å². The van der Waals surface area contributed by atoms with Gasteiger partial charge in [0.05, 0.1) is 11.8 Å². The summed E-state index contributed by atoms with van der Waals surface area (Å²) in [6.07, 6.45) is 1.56. The lowest BCUT2D eigenvalue weighted by Crippen LogP contribution is -2.40. The second kappa shape index (κ2) is 4.84. The number of carbonyl (C=O) groups is 2. The van der Waals surface area contributed by atoms with E-state index in [1.165, 1.54) is 12.3 Å². The first-order chi connectivity index (χ1) is 7.06. The molecule has 82 valence electrons. The highest BCUT2D eigenvalue weighted by atomic mass is 35.5. The fourth-order valence-electron chi connectivity index (χ4n) is 1.03. The summed E-state index contributed by atoms with van der Waals surface area (Å²) < 4.78 is 4.72. The van der Waals surface area contributed by atoms with Gasteiger partial charge in [0.1, 0.15) is 6.04 Å². The number of hydrogen-bond acceptors (Lipinski definition) is 3. The van der Waals surface area contributed by atoms with E-state index in [1.807, 2.05) is 0 Å². The molecular weight excluding hydrogens is 222 g/mol. The summed E-state index contributed by atoms with van der Waals surface area (Å²) in [5, 5.41) is 11.0. The van der Waals surface area contributed by atoms with Crippen molar-refractivity contribution in [3.63, 3.8) is 0 Å². The molecule has 1 amide bonds. The first kappa shape index (κ1) is 11.6. The van der Waals surface area contributed by atoms with E-state index in [0.717, 1.165) is 0 Å². The Balaban J connectivity index is 2.71. The predicted molar refractivity (Wildman–Crippen MR) is 52.9 cm³/mol. The minimum atomic E-state index is -1.08. The maximum absolute atomic E-state index is 11.5. The molecule has 1 aromatic rings. The molecule has 0 fully saturated rings. The Morgan fingerprint density at radius 2 is 2.33 bits per heavy atom. The van der Waals surface area contributed by atoms with E-state index < -0.39 is 17.9 Å². The van der Waals surface area contributed by atoms with E-state index in [-0.39, 0.29) is 10.8 Å². The van der Waals surface area contributed by atoms with Gasteiger partial charge in [0.25, 0.3) is 5.91 Å². The minimum absolute atomic E-state index is 0.0484. The van der Waals surface area contributed by atoms with Crippen LogP contribution in [0.25, 0.3) is 0 Å². The Hall–Kier alpha value is -1.49. The van der Waals surface area contributed by atoms with Gasteiger partial charge in [-0.25, -0.2) is 4.79 Å². The van der Waals surface area contributed by atoms with Crippen LogP contribution in [0.1, 0.15) is 23.7 Å². The van der Waals surface area contributed by atoms with Crippen molar-refractivity contribution >= 4 is 23.5 Å². The number of nitrogens with one attached hydrogen (secondary N) is 1. The Morgan fingerprint density at radius 3 is 2.73 bits per heavy atom. The highest BCUT2D eigenvalue weighted by Crippen LogP contribution is 2.16. The van der Waals surface area contributed by atoms with Crippen molar-refractivity contribution in [2.24, 2.45) is 0 Å². The van der Waals surface area contributed by atoms with Gasteiger partial charge in [-0.3, -0.25) is 4.79 Å². The SMILES string of the molecule is CCC(NC(=O)c1ccoc1Cl)C(=O)O. The third-order valence-corrected chi connectivity index (χ3v) is 2.17. The lowest BCUT2D eigenvalue weighted by atomic mass is 10.2. The van der Waals surface area contributed by atoms with Gasteiger partial charge in [-0.2, -0.15) is 0 Å². The average Bonchev–Trinajstić information content (AvgIpc) is 2.60. The molecule has 1 aromatic heterocycles. The summed E-state index contributed by atoms with van der Waals surface area (Å²) in [5.41, 5.74) is 0.136. The Morgan fingerprint density at radius 1 is 1.67 bits per heavy atom. The Kier molecular flexibility index (Phi) is 3.74. The Labute approximate surface area is 91.0 Å².